The zero-order valence-electron chi connectivity index (χ0n) is 15.6. The fourth-order valence-electron chi connectivity index (χ4n) is 3.41. The van der Waals surface area contributed by atoms with Crippen molar-refractivity contribution >= 4 is 11.8 Å². The Morgan fingerprint density at radius 1 is 0.926 bits per heavy atom. The van der Waals surface area contributed by atoms with Crippen molar-refractivity contribution in [2.45, 2.75) is 38.3 Å². The van der Waals surface area contributed by atoms with Gasteiger partial charge >= 0.3 is 0 Å². The average molecular weight is 365 g/mol. The third-order valence-electron chi connectivity index (χ3n) is 5.01. The van der Waals surface area contributed by atoms with Crippen molar-refractivity contribution in [3.63, 3.8) is 0 Å². The lowest BCUT2D eigenvalue weighted by Gasteiger charge is -2.31. The Labute approximate surface area is 160 Å². The quantitative estimate of drug-likeness (QED) is 0.826. The summed E-state index contributed by atoms with van der Waals surface area (Å²) >= 11 is 0. The molecule has 1 aliphatic rings. The Balaban J connectivity index is 1.76. The summed E-state index contributed by atoms with van der Waals surface area (Å²) in [6.07, 6.45) is 3.68. The number of piperidine rings is 1. The Bertz CT molecular complexity index is 753. The number of nitrogens with one attached hydrogen (secondary N) is 1. The maximum absolute atomic E-state index is 13.1. The highest BCUT2D eigenvalue weighted by Crippen LogP contribution is 2.14. The second kappa shape index (κ2) is 9.33. The van der Waals surface area contributed by atoms with Crippen LogP contribution in [0.1, 0.15) is 40.7 Å². The fourth-order valence-corrected chi connectivity index (χ4v) is 3.41. The summed E-state index contributed by atoms with van der Waals surface area (Å²) in [5.74, 6) is -0.216. The summed E-state index contributed by atoms with van der Waals surface area (Å²) < 4.78 is 0. The number of nitrogens with two attached hydrogens (primary N) is 1. The molecule has 0 unspecified atom stereocenters. The van der Waals surface area contributed by atoms with Gasteiger partial charge in [-0.25, -0.2) is 0 Å². The molecule has 5 nitrogen and oxygen atoms in total. The number of amides is 2. The normalized spacial score (nSPS) is 15.2. The first-order chi connectivity index (χ1) is 13.2. The van der Waals surface area contributed by atoms with Crippen LogP contribution in [0, 0.1) is 0 Å². The molecular weight excluding hydrogens is 338 g/mol. The van der Waals surface area contributed by atoms with Crippen molar-refractivity contribution in [3.05, 3.63) is 71.3 Å². The minimum atomic E-state index is -0.570. The van der Waals surface area contributed by atoms with E-state index in [1.54, 1.807) is 12.1 Å². The van der Waals surface area contributed by atoms with Gasteiger partial charge in [0.15, 0.2) is 0 Å². The predicted molar refractivity (Wildman–Crippen MR) is 106 cm³/mol. The molecule has 1 fully saturated rings. The maximum atomic E-state index is 13.1. The Morgan fingerprint density at radius 2 is 1.56 bits per heavy atom. The molecule has 2 aromatic carbocycles. The molecule has 3 N–H and O–H groups in total. The number of carbonyl (C=O) groups excluding carboxylic acids is 2. The van der Waals surface area contributed by atoms with Crippen molar-refractivity contribution in [1.82, 2.24) is 10.2 Å². The van der Waals surface area contributed by atoms with Gasteiger partial charge in [0.05, 0.1) is 0 Å². The largest absolute Gasteiger partial charge is 0.341 e. The van der Waals surface area contributed by atoms with Crippen molar-refractivity contribution in [2.24, 2.45) is 5.73 Å². The number of likely N-dealkylation sites (tertiary alicyclic amines) is 1. The van der Waals surface area contributed by atoms with Crippen molar-refractivity contribution in [3.8, 4) is 0 Å². The molecule has 5 heteroatoms. The molecule has 0 bridgehead atoms. The van der Waals surface area contributed by atoms with Crippen molar-refractivity contribution in [1.29, 1.82) is 0 Å². The lowest BCUT2D eigenvalue weighted by molar-refractivity contribution is -0.134. The SMILES string of the molecule is NCc1ccc(C[C@H](NC(=O)c2ccccc2)C(=O)N2CCCCC2)cc1. The highest BCUT2D eigenvalue weighted by atomic mass is 16.2. The summed E-state index contributed by atoms with van der Waals surface area (Å²) in [4.78, 5) is 27.6. The number of rotatable bonds is 6. The minimum Gasteiger partial charge on any atom is -0.341 e. The third kappa shape index (κ3) is 5.17. The van der Waals surface area contributed by atoms with E-state index in [1.165, 1.54) is 0 Å². The Kier molecular flexibility index (Phi) is 6.60. The van der Waals surface area contributed by atoms with E-state index in [2.05, 4.69) is 5.32 Å². The topological polar surface area (TPSA) is 75.4 Å². The number of nitrogens with zero attached hydrogens (tertiary/aromatic N) is 1. The predicted octanol–water partition coefficient (Wildman–Crippen LogP) is 2.50. The van der Waals surface area contributed by atoms with Gasteiger partial charge in [0.1, 0.15) is 6.04 Å². The van der Waals surface area contributed by atoms with E-state index in [0.29, 0.717) is 18.5 Å². The molecule has 1 heterocycles. The minimum absolute atomic E-state index is 0.00174. The second-order valence-corrected chi connectivity index (χ2v) is 7.00. The van der Waals surface area contributed by atoms with Gasteiger partial charge in [0.2, 0.25) is 5.91 Å². The molecule has 0 aromatic heterocycles. The number of benzene rings is 2. The zero-order chi connectivity index (χ0) is 19.1. The van der Waals surface area contributed by atoms with Gasteiger partial charge in [-0.2, -0.15) is 0 Å². The van der Waals surface area contributed by atoms with Crippen LogP contribution in [0.5, 0.6) is 0 Å². The third-order valence-corrected chi connectivity index (χ3v) is 5.01. The van der Waals surface area contributed by atoms with E-state index in [4.69, 9.17) is 5.73 Å². The monoisotopic (exact) mass is 365 g/mol. The Hall–Kier alpha value is -2.66. The Morgan fingerprint density at radius 3 is 2.19 bits per heavy atom. The van der Waals surface area contributed by atoms with E-state index >= 15 is 0 Å². The molecule has 1 aliphatic heterocycles. The summed E-state index contributed by atoms with van der Waals surface area (Å²) in [6.45, 7) is 2.02. The molecule has 0 aliphatic carbocycles. The van der Waals surface area contributed by atoms with E-state index in [1.807, 2.05) is 47.4 Å². The van der Waals surface area contributed by atoms with Crippen LogP contribution in [0.3, 0.4) is 0 Å². The molecule has 3 rings (SSSR count). The number of carbonyl (C=O) groups is 2. The van der Waals surface area contributed by atoms with Gasteiger partial charge in [-0.3, -0.25) is 9.59 Å². The molecule has 0 radical (unpaired) electrons. The first-order valence-corrected chi connectivity index (χ1v) is 9.60. The summed E-state index contributed by atoms with van der Waals surface area (Å²) in [5.41, 5.74) is 8.28. The molecule has 2 amide bonds. The first-order valence-electron chi connectivity index (χ1n) is 9.60. The van der Waals surface area contributed by atoms with Crippen LogP contribution in [0.4, 0.5) is 0 Å². The van der Waals surface area contributed by atoms with Crippen LogP contribution in [0.2, 0.25) is 0 Å². The van der Waals surface area contributed by atoms with Gasteiger partial charge in [-0.15, -0.1) is 0 Å². The van der Waals surface area contributed by atoms with Gasteiger partial charge in [-0.1, -0.05) is 42.5 Å². The van der Waals surface area contributed by atoms with Gasteiger partial charge in [-0.05, 0) is 42.5 Å². The molecule has 27 heavy (non-hydrogen) atoms. The van der Waals surface area contributed by atoms with Crippen LogP contribution in [0.25, 0.3) is 0 Å². The number of hydrogen-bond acceptors (Lipinski definition) is 3. The average Bonchev–Trinajstić information content (AvgIpc) is 2.74. The molecule has 0 spiro atoms. The molecule has 142 valence electrons. The van der Waals surface area contributed by atoms with E-state index in [9.17, 15) is 9.59 Å². The lowest BCUT2D eigenvalue weighted by Crippen LogP contribution is -2.51. The van der Waals surface area contributed by atoms with Crippen LogP contribution in [-0.2, 0) is 17.8 Å². The molecular formula is C22H27N3O2. The number of hydrogen-bond donors (Lipinski definition) is 2. The zero-order valence-corrected chi connectivity index (χ0v) is 15.6. The fraction of sp³-hybridized carbons (Fsp3) is 0.364. The van der Waals surface area contributed by atoms with Crippen LogP contribution < -0.4 is 11.1 Å². The van der Waals surface area contributed by atoms with Crippen molar-refractivity contribution in [2.75, 3.05) is 13.1 Å². The summed E-state index contributed by atoms with van der Waals surface area (Å²) in [6, 6.07) is 16.4. The van der Waals surface area contributed by atoms with E-state index in [-0.39, 0.29) is 11.8 Å². The van der Waals surface area contributed by atoms with E-state index < -0.39 is 6.04 Å². The van der Waals surface area contributed by atoms with Crippen LogP contribution in [0.15, 0.2) is 54.6 Å². The summed E-state index contributed by atoms with van der Waals surface area (Å²) in [5, 5.41) is 2.95. The molecule has 0 saturated carbocycles. The standard InChI is InChI=1S/C22H27N3O2/c23-16-18-11-9-17(10-12-18)15-20(22(27)25-13-5-2-6-14-25)24-21(26)19-7-3-1-4-8-19/h1,3-4,7-12,20H,2,5-6,13-16,23H2,(H,24,26)/t20-/m0/s1. The highest BCUT2D eigenvalue weighted by molar-refractivity contribution is 5.97. The summed E-state index contributed by atoms with van der Waals surface area (Å²) in [7, 11) is 0. The van der Waals surface area contributed by atoms with Gasteiger partial charge < -0.3 is 16.0 Å². The molecule has 1 saturated heterocycles. The maximum Gasteiger partial charge on any atom is 0.251 e. The first kappa shape index (κ1) is 19.1. The van der Waals surface area contributed by atoms with Crippen LogP contribution in [-0.4, -0.2) is 35.8 Å². The lowest BCUT2D eigenvalue weighted by atomic mass is 10.0. The van der Waals surface area contributed by atoms with Gasteiger partial charge in [0, 0.05) is 31.6 Å². The second-order valence-electron chi connectivity index (χ2n) is 7.00. The van der Waals surface area contributed by atoms with Crippen LogP contribution >= 0.6 is 0 Å². The highest BCUT2D eigenvalue weighted by Gasteiger charge is 2.27. The molecule has 1 atom stereocenters. The van der Waals surface area contributed by atoms with Gasteiger partial charge in [0.25, 0.3) is 5.91 Å². The smallest absolute Gasteiger partial charge is 0.251 e. The van der Waals surface area contributed by atoms with E-state index in [0.717, 1.165) is 43.5 Å². The molecule has 2 aromatic rings. The van der Waals surface area contributed by atoms with Crippen molar-refractivity contribution < 1.29 is 9.59 Å².